The SMILES string of the molecule is O=C(CSC1=N[C@@H]2CS(=O)(=O)C[C@@H]2N1c1ccc2c(c1)OCO2)OCc1ccccc1. The van der Waals surface area contributed by atoms with Gasteiger partial charge in [0.1, 0.15) is 6.61 Å². The van der Waals surface area contributed by atoms with Gasteiger partial charge in [-0.25, -0.2) is 8.42 Å². The fourth-order valence-electron chi connectivity index (χ4n) is 3.87. The Labute approximate surface area is 184 Å². The van der Waals surface area contributed by atoms with E-state index in [2.05, 4.69) is 4.99 Å². The molecule has 10 heteroatoms. The molecule has 0 aliphatic carbocycles. The molecule has 2 aromatic rings. The molecule has 0 unspecified atom stereocenters. The monoisotopic (exact) mass is 460 g/mol. The second-order valence-electron chi connectivity index (χ2n) is 7.47. The van der Waals surface area contributed by atoms with E-state index in [1.807, 2.05) is 47.4 Å². The van der Waals surface area contributed by atoms with Gasteiger partial charge in [0.2, 0.25) is 6.79 Å². The molecule has 0 aromatic heterocycles. The van der Waals surface area contributed by atoms with Crippen LogP contribution < -0.4 is 14.4 Å². The Balaban J connectivity index is 1.31. The topological polar surface area (TPSA) is 94.5 Å². The molecule has 0 radical (unpaired) electrons. The van der Waals surface area contributed by atoms with Crippen LogP contribution in [0.3, 0.4) is 0 Å². The summed E-state index contributed by atoms with van der Waals surface area (Å²) in [6.07, 6.45) is 0. The van der Waals surface area contributed by atoms with Gasteiger partial charge in [-0.2, -0.15) is 0 Å². The Hall–Kier alpha value is -2.72. The zero-order valence-corrected chi connectivity index (χ0v) is 18.1. The molecule has 1 fully saturated rings. The number of sulfone groups is 1. The van der Waals surface area contributed by atoms with Crippen LogP contribution in [0.1, 0.15) is 5.56 Å². The number of amidine groups is 1. The minimum Gasteiger partial charge on any atom is -0.460 e. The summed E-state index contributed by atoms with van der Waals surface area (Å²) < 4.78 is 40.6. The standard InChI is InChI=1S/C21H20N2O6S2/c24-20(27-9-14-4-2-1-3-5-14)10-30-21-22-16-11-31(25,26)12-17(16)23(21)15-6-7-18-19(8-15)29-13-28-18/h1-8,16-17H,9-13H2/t16-,17+/m1/s1. The first-order chi connectivity index (χ1) is 15.0. The molecule has 0 N–H and O–H groups in total. The summed E-state index contributed by atoms with van der Waals surface area (Å²) in [7, 11) is -3.16. The Kier molecular flexibility index (Phi) is 5.27. The predicted molar refractivity (Wildman–Crippen MR) is 117 cm³/mol. The quantitative estimate of drug-likeness (QED) is 0.627. The van der Waals surface area contributed by atoms with Gasteiger partial charge in [0.25, 0.3) is 0 Å². The minimum atomic E-state index is -3.16. The van der Waals surface area contributed by atoms with Crippen LogP contribution in [-0.2, 0) is 26.0 Å². The highest BCUT2D eigenvalue weighted by Crippen LogP contribution is 2.40. The van der Waals surface area contributed by atoms with Crippen molar-refractivity contribution in [3.63, 3.8) is 0 Å². The summed E-state index contributed by atoms with van der Waals surface area (Å²) in [5, 5.41) is 0.612. The summed E-state index contributed by atoms with van der Waals surface area (Å²) in [5.41, 5.74) is 1.68. The highest BCUT2D eigenvalue weighted by atomic mass is 32.2. The summed E-state index contributed by atoms with van der Waals surface area (Å²) in [6.45, 7) is 0.365. The van der Waals surface area contributed by atoms with Crippen LogP contribution >= 0.6 is 11.8 Å². The van der Waals surface area contributed by atoms with E-state index in [4.69, 9.17) is 14.2 Å². The lowest BCUT2D eigenvalue weighted by Crippen LogP contribution is -2.39. The van der Waals surface area contributed by atoms with Crippen LogP contribution in [0, 0.1) is 0 Å². The van der Waals surface area contributed by atoms with Crippen LogP contribution in [0.15, 0.2) is 53.5 Å². The van der Waals surface area contributed by atoms with E-state index >= 15 is 0 Å². The predicted octanol–water partition coefficient (Wildman–Crippen LogP) is 2.23. The Morgan fingerprint density at radius 1 is 1.13 bits per heavy atom. The fourth-order valence-corrected chi connectivity index (χ4v) is 6.64. The molecule has 31 heavy (non-hydrogen) atoms. The summed E-state index contributed by atoms with van der Waals surface area (Å²) >= 11 is 1.25. The van der Waals surface area contributed by atoms with Gasteiger partial charge in [-0.05, 0) is 17.7 Å². The highest BCUT2D eigenvalue weighted by Gasteiger charge is 2.47. The lowest BCUT2D eigenvalue weighted by molar-refractivity contribution is -0.141. The third kappa shape index (κ3) is 4.22. The number of nitrogens with zero attached hydrogens (tertiary/aromatic N) is 2. The molecule has 0 amide bonds. The number of carbonyl (C=O) groups excluding carboxylic acids is 1. The van der Waals surface area contributed by atoms with Crippen molar-refractivity contribution >= 4 is 38.4 Å². The second kappa shape index (κ2) is 8.08. The van der Waals surface area contributed by atoms with Crippen molar-refractivity contribution in [2.24, 2.45) is 4.99 Å². The van der Waals surface area contributed by atoms with Crippen molar-refractivity contribution < 1.29 is 27.4 Å². The smallest absolute Gasteiger partial charge is 0.316 e. The number of esters is 1. The third-order valence-electron chi connectivity index (χ3n) is 5.30. The van der Waals surface area contributed by atoms with Gasteiger partial charge in [-0.3, -0.25) is 9.79 Å². The Morgan fingerprint density at radius 3 is 2.77 bits per heavy atom. The number of aliphatic imine (C=N–C) groups is 1. The maximum atomic E-state index is 12.3. The van der Waals surface area contributed by atoms with Crippen molar-refractivity contribution in [1.29, 1.82) is 0 Å². The Morgan fingerprint density at radius 2 is 1.94 bits per heavy atom. The molecule has 0 bridgehead atoms. The van der Waals surface area contributed by atoms with Gasteiger partial charge in [-0.1, -0.05) is 42.1 Å². The number of rotatable bonds is 5. The maximum Gasteiger partial charge on any atom is 0.316 e. The number of carbonyl (C=O) groups is 1. The van der Waals surface area contributed by atoms with Gasteiger partial charge in [-0.15, -0.1) is 0 Å². The molecule has 2 atom stereocenters. The summed E-state index contributed by atoms with van der Waals surface area (Å²) in [4.78, 5) is 18.8. The van der Waals surface area contributed by atoms with E-state index in [0.29, 0.717) is 16.7 Å². The van der Waals surface area contributed by atoms with Crippen LogP contribution in [0.25, 0.3) is 0 Å². The molecule has 162 valence electrons. The molecule has 2 aromatic carbocycles. The van der Waals surface area contributed by atoms with Crippen molar-refractivity contribution in [1.82, 2.24) is 0 Å². The van der Waals surface area contributed by atoms with Gasteiger partial charge in [0, 0.05) is 11.8 Å². The van der Waals surface area contributed by atoms with Crippen LogP contribution in [0.5, 0.6) is 11.5 Å². The maximum absolute atomic E-state index is 12.3. The second-order valence-corrected chi connectivity index (χ2v) is 10.6. The van der Waals surface area contributed by atoms with Crippen LogP contribution in [-0.4, -0.2) is 55.7 Å². The van der Waals surface area contributed by atoms with Crippen molar-refractivity contribution in [3.05, 3.63) is 54.1 Å². The number of benzene rings is 2. The molecular weight excluding hydrogens is 440 g/mol. The number of thioether (sulfide) groups is 1. The summed E-state index contributed by atoms with van der Waals surface area (Å²) in [5.74, 6) is 1.02. The molecule has 3 aliphatic heterocycles. The largest absolute Gasteiger partial charge is 0.460 e. The van der Waals surface area contributed by atoms with E-state index in [9.17, 15) is 13.2 Å². The van der Waals surface area contributed by atoms with Gasteiger partial charge >= 0.3 is 5.97 Å². The lowest BCUT2D eigenvalue weighted by atomic mass is 10.1. The molecule has 3 heterocycles. The summed E-state index contributed by atoms with van der Waals surface area (Å²) in [6, 6.07) is 14.3. The van der Waals surface area contributed by atoms with Crippen molar-refractivity contribution in [2.75, 3.05) is 29.0 Å². The van der Waals surface area contributed by atoms with E-state index in [1.165, 1.54) is 11.8 Å². The van der Waals surface area contributed by atoms with E-state index in [-0.39, 0.29) is 48.7 Å². The third-order valence-corrected chi connectivity index (χ3v) is 7.94. The molecule has 0 saturated carbocycles. The Bertz CT molecular complexity index is 1140. The molecule has 1 saturated heterocycles. The number of ether oxygens (including phenoxy) is 3. The molecular formula is C21H20N2O6S2. The van der Waals surface area contributed by atoms with Crippen LogP contribution in [0.4, 0.5) is 5.69 Å². The fraction of sp³-hybridized carbons (Fsp3) is 0.333. The molecule has 0 spiro atoms. The number of hydrogen-bond acceptors (Lipinski definition) is 9. The number of anilines is 1. The average Bonchev–Trinajstić information content (AvgIpc) is 3.42. The van der Waals surface area contributed by atoms with Gasteiger partial charge in [0.15, 0.2) is 26.5 Å². The van der Waals surface area contributed by atoms with E-state index in [0.717, 1.165) is 11.3 Å². The number of hydrogen-bond donors (Lipinski definition) is 0. The normalized spacial score (nSPS) is 22.8. The first-order valence-corrected chi connectivity index (χ1v) is 12.6. The minimum absolute atomic E-state index is 0.0151. The van der Waals surface area contributed by atoms with Crippen molar-refractivity contribution in [2.45, 2.75) is 18.7 Å². The van der Waals surface area contributed by atoms with Crippen molar-refractivity contribution in [3.8, 4) is 11.5 Å². The zero-order chi connectivity index (χ0) is 21.4. The van der Waals surface area contributed by atoms with E-state index < -0.39 is 9.84 Å². The first-order valence-electron chi connectivity index (χ1n) is 9.78. The highest BCUT2D eigenvalue weighted by molar-refractivity contribution is 8.14. The van der Waals surface area contributed by atoms with Gasteiger partial charge in [0.05, 0.1) is 29.3 Å². The molecule has 3 aliphatic rings. The zero-order valence-electron chi connectivity index (χ0n) is 16.5. The van der Waals surface area contributed by atoms with Gasteiger partial charge < -0.3 is 19.1 Å². The number of fused-ring (bicyclic) bond motifs is 2. The van der Waals surface area contributed by atoms with Crippen LogP contribution in [0.2, 0.25) is 0 Å². The average molecular weight is 461 g/mol. The molecule has 5 rings (SSSR count). The first kappa shape index (κ1) is 20.2. The van der Waals surface area contributed by atoms with E-state index in [1.54, 1.807) is 6.07 Å². The molecule has 8 nitrogen and oxygen atoms in total. The lowest BCUT2D eigenvalue weighted by Gasteiger charge is -2.26.